The molecule has 1 aliphatic carbocycles. The van der Waals surface area contributed by atoms with Gasteiger partial charge in [-0.05, 0) is 42.4 Å². The Morgan fingerprint density at radius 3 is 2.58 bits per heavy atom. The van der Waals surface area contributed by atoms with Crippen LogP contribution in [0, 0.1) is 0 Å². The van der Waals surface area contributed by atoms with E-state index in [1.54, 1.807) is 0 Å². The van der Waals surface area contributed by atoms with E-state index in [2.05, 4.69) is 12.1 Å². The van der Waals surface area contributed by atoms with Gasteiger partial charge < -0.3 is 10.0 Å². The zero-order valence-electron chi connectivity index (χ0n) is 11.2. The fraction of sp³-hybridized carbons (Fsp3) is 0.467. The van der Waals surface area contributed by atoms with Crippen molar-refractivity contribution in [3.05, 3.63) is 34.9 Å². The third-order valence-corrected chi connectivity index (χ3v) is 3.57. The summed E-state index contributed by atoms with van der Waals surface area (Å²) in [6.07, 6.45) is 4.94. The number of carbonyl (C=O) groups is 2. The van der Waals surface area contributed by atoms with Crippen LogP contribution in [0.3, 0.4) is 0 Å². The summed E-state index contributed by atoms with van der Waals surface area (Å²) in [6, 6.07) is 6.19. The van der Waals surface area contributed by atoms with Gasteiger partial charge >= 0.3 is 5.97 Å². The number of carboxylic acids is 1. The Balaban J connectivity index is 2.03. The van der Waals surface area contributed by atoms with Crippen molar-refractivity contribution in [3.8, 4) is 0 Å². The molecule has 2 rings (SSSR count). The van der Waals surface area contributed by atoms with Gasteiger partial charge in [0.2, 0.25) is 5.91 Å². The fourth-order valence-corrected chi connectivity index (χ4v) is 2.50. The van der Waals surface area contributed by atoms with Crippen LogP contribution in [-0.4, -0.2) is 35.5 Å². The van der Waals surface area contributed by atoms with Crippen LogP contribution in [0.2, 0.25) is 0 Å². The first-order valence-electron chi connectivity index (χ1n) is 6.62. The van der Waals surface area contributed by atoms with Gasteiger partial charge in [0.15, 0.2) is 0 Å². The molecule has 0 fully saturated rings. The molecule has 4 nitrogen and oxygen atoms in total. The van der Waals surface area contributed by atoms with E-state index in [0.29, 0.717) is 0 Å². The van der Waals surface area contributed by atoms with Crippen LogP contribution < -0.4 is 0 Å². The van der Waals surface area contributed by atoms with E-state index in [1.807, 2.05) is 6.07 Å². The molecule has 19 heavy (non-hydrogen) atoms. The molecule has 0 saturated heterocycles. The number of aryl methyl sites for hydroxylation is 2. The number of carboxylic acid groups (broad SMARTS) is 1. The topological polar surface area (TPSA) is 57.6 Å². The van der Waals surface area contributed by atoms with Gasteiger partial charge in [0.05, 0.1) is 6.42 Å². The van der Waals surface area contributed by atoms with Crippen molar-refractivity contribution < 1.29 is 14.7 Å². The minimum absolute atomic E-state index is 0.154. The minimum Gasteiger partial charge on any atom is -0.480 e. The first-order valence-corrected chi connectivity index (χ1v) is 6.62. The van der Waals surface area contributed by atoms with E-state index in [1.165, 1.54) is 35.9 Å². The van der Waals surface area contributed by atoms with Crippen LogP contribution in [0.15, 0.2) is 18.2 Å². The Bertz CT molecular complexity index is 496. The lowest BCUT2D eigenvalue weighted by atomic mass is 9.90. The molecule has 0 saturated carbocycles. The predicted octanol–water partition coefficient (Wildman–Crippen LogP) is 1.65. The Morgan fingerprint density at radius 1 is 1.21 bits per heavy atom. The standard InChI is InChI=1S/C15H19NO3/c1-16(10-15(18)19)14(17)9-11-6-7-12-4-2-3-5-13(12)8-11/h6-8H,2-5,9-10H2,1H3,(H,18,19). The maximum Gasteiger partial charge on any atom is 0.323 e. The number of fused-ring (bicyclic) bond motifs is 1. The van der Waals surface area contributed by atoms with Crippen molar-refractivity contribution in [2.45, 2.75) is 32.1 Å². The molecule has 0 aromatic heterocycles. The number of rotatable bonds is 4. The molecule has 0 aliphatic heterocycles. The van der Waals surface area contributed by atoms with Crippen LogP contribution in [0.25, 0.3) is 0 Å². The van der Waals surface area contributed by atoms with Gasteiger partial charge in [-0.1, -0.05) is 18.2 Å². The molecule has 4 heteroatoms. The number of benzene rings is 1. The van der Waals surface area contributed by atoms with Gasteiger partial charge in [0, 0.05) is 7.05 Å². The Hall–Kier alpha value is -1.84. The summed E-state index contributed by atoms with van der Waals surface area (Å²) in [5.41, 5.74) is 3.71. The molecule has 1 aromatic carbocycles. The molecule has 0 heterocycles. The third-order valence-electron chi connectivity index (χ3n) is 3.57. The van der Waals surface area contributed by atoms with Crippen molar-refractivity contribution >= 4 is 11.9 Å². The summed E-state index contributed by atoms with van der Waals surface area (Å²) >= 11 is 0. The van der Waals surface area contributed by atoms with E-state index in [4.69, 9.17) is 5.11 Å². The number of carbonyl (C=O) groups excluding carboxylic acids is 1. The van der Waals surface area contributed by atoms with E-state index in [9.17, 15) is 9.59 Å². The summed E-state index contributed by atoms with van der Waals surface area (Å²) in [4.78, 5) is 23.7. The highest BCUT2D eigenvalue weighted by Crippen LogP contribution is 2.22. The monoisotopic (exact) mass is 261 g/mol. The molecule has 1 N–H and O–H groups in total. The van der Waals surface area contributed by atoms with Crippen LogP contribution in [0.1, 0.15) is 29.5 Å². The van der Waals surface area contributed by atoms with Crippen LogP contribution >= 0.6 is 0 Å². The first-order chi connectivity index (χ1) is 9.06. The van der Waals surface area contributed by atoms with Crippen molar-refractivity contribution in [1.29, 1.82) is 0 Å². The van der Waals surface area contributed by atoms with E-state index >= 15 is 0 Å². The molecule has 1 aliphatic rings. The average Bonchev–Trinajstić information content (AvgIpc) is 2.37. The van der Waals surface area contributed by atoms with Gasteiger partial charge in [-0.15, -0.1) is 0 Å². The van der Waals surface area contributed by atoms with Gasteiger partial charge in [0.1, 0.15) is 6.54 Å². The quantitative estimate of drug-likeness (QED) is 0.896. The largest absolute Gasteiger partial charge is 0.480 e. The van der Waals surface area contributed by atoms with Crippen LogP contribution in [-0.2, 0) is 28.9 Å². The fourth-order valence-electron chi connectivity index (χ4n) is 2.50. The summed E-state index contributed by atoms with van der Waals surface area (Å²) in [6.45, 7) is -0.246. The predicted molar refractivity (Wildman–Crippen MR) is 72.1 cm³/mol. The lowest BCUT2D eigenvalue weighted by Gasteiger charge is -2.18. The number of hydrogen-bond donors (Lipinski definition) is 1. The molecular weight excluding hydrogens is 242 g/mol. The smallest absolute Gasteiger partial charge is 0.323 e. The average molecular weight is 261 g/mol. The molecule has 1 amide bonds. The van der Waals surface area contributed by atoms with Crippen molar-refractivity contribution in [3.63, 3.8) is 0 Å². The highest BCUT2D eigenvalue weighted by molar-refractivity contribution is 5.82. The number of aliphatic carboxylic acids is 1. The van der Waals surface area contributed by atoms with Gasteiger partial charge in [-0.25, -0.2) is 0 Å². The number of likely N-dealkylation sites (N-methyl/N-ethyl adjacent to an activating group) is 1. The molecular formula is C15H19NO3. The molecule has 0 unspecified atom stereocenters. The lowest BCUT2D eigenvalue weighted by molar-refractivity contribution is -0.143. The normalized spacial score (nSPS) is 13.7. The lowest BCUT2D eigenvalue weighted by Crippen LogP contribution is -2.33. The van der Waals surface area contributed by atoms with E-state index in [-0.39, 0.29) is 18.9 Å². The SMILES string of the molecule is CN(CC(=O)O)C(=O)Cc1ccc2c(c1)CCCC2. The van der Waals surface area contributed by atoms with Gasteiger partial charge in [0.25, 0.3) is 0 Å². The first kappa shape index (κ1) is 13.6. The maximum atomic E-state index is 11.9. The zero-order chi connectivity index (χ0) is 13.8. The summed E-state index contributed by atoms with van der Waals surface area (Å²) < 4.78 is 0. The molecule has 1 aromatic rings. The highest BCUT2D eigenvalue weighted by atomic mass is 16.4. The van der Waals surface area contributed by atoms with Crippen molar-refractivity contribution in [1.82, 2.24) is 4.90 Å². The molecule has 0 bridgehead atoms. The highest BCUT2D eigenvalue weighted by Gasteiger charge is 2.14. The van der Waals surface area contributed by atoms with E-state index in [0.717, 1.165) is 18.4 Å². The minimum atomic E-state index is -0.985. The number of nitrogens with zero attached hydrogens (tertiary/aromatic N) is 1. The summed E-state index contributed by atoms with van der Waals surface area (Å²) in [5, 5.41) is 8.66. The second-order valence-electron chi connectivity index (χ2n) is 5.13. The Morgan fingerprint density at radius 2 is 1.89 bits per heavy atom. The van der Waals surface area contributed by atoms with Gasteiger partial charge in [-0.2, -0.15) is 0 Å². The summed E-state index contributed by atoms with van der Waals surface area (Å²) in [7, 11) is 1.52. The van der Waals surface area contributed by atoms with Crippen molar-refractivity contribution in [2.75, 3.05) is 13.6 Å². The van der Waals surface area contributed by atoms with Crippen LogP contribution in [0.5, 0.6) is 0 Å². The number of amides is 1. The molecule has 0 spiro atoms. The second-order valence-corrected chi connectivity index (χ2v) is 5.13. The maximum absolute atomic E-state index is 11.9. The Labute approximate surface area is 113 Å². The molecule has 102 valence electrons. The second kappa shape index (κ2) is 5.87. The zero-order valence-corrected chi connectivity index (χ0v) is 11.2. The summed E-state index contributed by atoms with van der Waals surface area (Å²) in [5.74, 6) is -1.14. The van der Waals surface area contributed by atoms with E-state index < -0.39 is 5.97 Å². The number of hydrogen-bond acceptors (Lipinski definition) is 2. The van der Waals surface area contributed by atoms with Crippen molar-refractivity contribution in [2.24, 2.45) is 0 Å². The van der Waals surface area contributed by atoms with Gasteiger partial charge in [-0.3, -0.25) is 9.59 Å². The Kier molecular flexibility index (Phi) is 4.20. The van der Waals surface area contributed by atoms with Crippen LogP contribution in [0.4, 0.5) is 0 Å². The third kappa shape index (κ3) is 3.56. The molecule has 0 atom stereocenters. The molecule has 0 radical (unpaired) electrons.